The SMILES string of the molecule is O=C1NC(=O)N(c2ccccc2)C(=O)/C1=C\c1ccc(Sc2ccc(Cl)cc2)c([N+](=O)[O-])c1. The predicted octanol–water partition coefficient (Wildman–Crippen LogP) is 5.07. The van der Waals surface area contributed by atoms with Crippen molar-refractivity contribution in [2.24, 2.45) is 0 Å². The van der Waals surface area contributed by atoms with E-state index in [0.29, 0.717) is 15.6 Å². The van der Waals surface area contributed by atoms with E-state index >= 15 is 0 Å². The summed E-state index contributed by atoms with van der Waals surface area (Å²) in [4.78, 5) is 50.6. The van der Waals surface area contributed by atoms with Gasteiger partial charge < -0.3 is 0 Å². The number of benzene rings is 3. The second-order valence-corrected chi connectivity index (χ2v) is 8.39. The lowest BCUT2D eigenvalue weighted by Crippen LogP contribution is -2.54. The second-order valence-electron chi connectivity index (χ2n) is 6.83. The molecule has 4 amide bonds. The monoisotopic (exact) mass is 479 g/mol. The number of hydrogen-bond acceptors (Lipinski definition) is 6. The Hall–Kier alpha value is -3.95. The molecule has 8 nitrogen and oxygen atoms in total. The molecule has 164 valence electrons. The fourth-order valence-electron chi connectivity index (χ4n) is 3.12. The number of anilines is 1. The van der Waals surface area contributed by atoms with Crippen LogP contribution in [0.5, 0.6) is 0 Å². The lowest BCUT2D eigenvalue weighted by atomic mass is 10.1. The van der Waals surface area contributed by atoms with Gasteiger partial charge in [-0.2, -0.15) is 0 Å². The van der Waals surface area contributed by atoms with Gasteiger partial charge in [-0.05, 0) is 54.1 Å². The van der Waals surface area contributed by atoms with Crippen molar-refractivity contribution < 1.29 is 19.3 Å². The molecule has 10 heteroatoms. The Morgan fingerprint density at radius 1 is 0.970 bits per heavy atom. The van der Waals surface area contributed by atoms with E-state index in [1.54, 1.807) is 60.7 Å². The summed E-state index contributed by atoms with van der Waals surface area (Å²) in [6.07, 6.45) is 1.23. The number of nitro groups is 1. The molecule has 3 aromatic carbocycles. The summed E-state index contributed by atoms with van der Waals surface area (Å²) in [6.45, 7) is 0. The first-order valence-electron chi connectivity index (χ1n) is 9.52. The summed E-state index contributed by atoms with van der Waals surface area (Å²) in [6, 6.07) is 18.5. The largest absolute Gasteiger partial charge is 0.335 e. The van der Waals surface area contributed by atoms with E-state index in [9.17, 15) is 24.5 Å². The van der Waals surface area contributed by atoms with E-state index < -0.39 is 22.8 Å². The third-order valence-corrected chi connectivity index (χ3v) is 5.97. The number of amides is 4. The molecule has 1 saturated heterocycles. The Morgan fingerprint density at radius 2 is 1.67 bits per heavy atom. The number of halogens is 1. The maximum absolute atomic E-state index is 12.9. The number of nitrogens with zero attached hydrogens (tertiary/aromatic N) is 2. The van der Waals surface area contributed by atoms with Gasteiger partial charge in [0.05, 0.1) is 15.5 Å². The lowest BCUT2D eigenvalue weighted by molar-refractivity contribution is -0.387. The van der Waals surface area contributed by atoms with Crippen LogP contribution in [0.4, 0.5) is 16.2 Å². The minimum absolute atomic E-state index is 0.191. The Bertz CT molecular complexity index is 1310. The fraction of sp³-hybridized carbons (Fsp3) is 0. The van der Waals surface area contributed by atoms with E-state index in [-0.39, 0.29) is 16.8 Å². The smallest absolute Gasteiger partial charge is 0.273 e. The average molecular weight is 480 g/mol. The average Bonchev–Trinajstić information content (AvgIpc) is 2.79. The van der Waals surface area contributed by atoms with E-state index in [2.05, 4.69) is 5.32 Å². The zero-order valence-corrected chi connectivity index (χ0v) is 18.3. The number of nitrogens with one attached hydrogen (secondary N) is 1. The van der Waals surface area contributed by atoms with Crippen molar-refractivity contribution in [2.45, 2.75) is 9.79 Å². The molecule has 3 aromatic rings. The van der Waals surface area contributed by atoms with Gasteiger partial charge in [0.25, 0.3) is 17.5 Å². The van der Waals surface area contributed by atoms with Crippen LogP contribution in [-0.2, 0) is 9.59 Å². The molecule has 0 saturated carbocycles. The molecule has 1 fully saturated rings. The van der Waals surface area contributed by atoms with Crippen LogP contribution in [-0.4, -0.2) is 22.8 Å². The van der Waals surface area contributed by atoms with Crippen LogP contribution in [0, 0.1) is 10.1 Å². The van der Waals surface area contributed by atoms with Crippen molar-refractivity contribution in [1.29, 1.82) is 0 Å². The van der Waals surface area contributed by atoms with Crippen LogP contribution in [0.1, 0.15) is 5.56 Å². The maximum Gasteiger partial charge on any atom is 0.335 e. The van der Waals surface area contributed by atoms with E-state index in [1.165, 1.54) is 30.0 Å². The Kier molecular flexibility index (Phi) is 6.25. The van der Waals surface area contributed by atoms with Gasteiger partial charge in [0.1, 0.15) is 5.57 Å². The third kappa shape index (κ3) is 4.79. The number of urea groups is 1. The Morgan fingerprint density at radius 3 is 2.33 bits per heavy atom. The zero-order valence-electron chi connectivity index (χ0n) is 16.7. The first kappa shape index (κ1) is 22.3. The molecule has 1 aliphatic rings. The topological polar surface area (TPSA) is 110 Å². The number of rotatable bonds is 5. The standard InChI is InChI=1S/C23H14ClN3O5S/c24-15-7-9-17(10-8-15)33-20-11-6-14(13-19(20)27(31)32)12-18-21(28)25-23(30)26(22(18)29)16-4-2-1-3-5-16/h1-13H,(H,25,28,30)/b18-12-. The third-order valence-electron chi connectivity index (χ3n) is 4.65. The van der Waals surface area contributed by atoms with E-state index in [0.717, 1.165) is 9.80 Å². The first-order valence-corrected chi connectivity index (χ1v) is 10.7. The van der Waals surface area contributed by atoms with E-state index in [4.69, 9.17) is 11.6 Å². The van der Waals surface area contributed by atoms with Gasteiger partial charge in [0, 0.05) is 16.0 Å². The molecular formula is C23H14ClN3O5S. The summed E-state index contributed by atoms with van der Waals surface area (Å²) < 4.78 is 0. The lowest BCUT2D eigenvalue weighted by Gasteiger charge is -2.26. The first-order chi connectivity index (χ1) is 15.8. The van der Waals surface area contributed by atoms with Gasteiger partial charge in [0.2, 0.25) is 0 Å². The van der Waals surface area contributed by atoms with Crippen LogP contribution in [0.15, 0.2) is 88.2 Å². The van der Waals surface area contributed by atoms with Crippen molar-refractivity contribution in [2.75, 3.05) is 4.90 Å². The van der Waals surface area contributed by atoms with E-state index in [1.807, 2.05) is 0 Å². The highest BCUT2D eigenvalue weighted by Crippen LogP contribution is 2.36. The number of imide groups is 2. The Labute approximate surface area is 197 Å². The molecular weight excluding hydrogens is 466 g/mol. The summed E-state index contributed by atoms with van der Waals surface area (Å²) in [5.74, 6) is -1.70. The van der Waals surface area contributed by atoms with Gasteiger partial charge in [0.15, 0.2) is 0 Å². The van der Waals surface area contributed by atoms with Crippen LogP contribution in [0.3, 0.4) is 0 Å². The van der Waals surface area contributed by atoms with Gasteiger partial charge in [-0.25, -0.2) is 9.69 Å². The summed E-state index contributed by atoms with van der Waals surface area (Å²) in [5, 5.41) is 14.3. The molecule has 4 rings (SSSR count). The number of para-hydroxylation sites is 1. The van der Waals surface area contributed by atoms with Crippen LogP contribution < -0.4 is 10.2 Å². The number of hydrogen-bond donors (Lipinski definition) is 1. The van der Waals surface area contributed by atoms with Crippen molar-refractivity contribution in [3.63, 3.8) is 0 Å². The van der Waals surface area contributed by atoms with Crippen LogP contribution >= 0.6 is 23.4 Å². The van der Waals surface area contributed by atoms with Crippen molar-refractivity contribution in [1.82, 2.24) is 5.32 Å². The molecule has 0 radical (unpaired) electrons. The van der Waals surface area contributed by atoms with Gasteiger partial charge in [-0.15, -0.1) is 0 Å². The number of carbonyl (C=O) groups is 3. The second kappa shape index (κ2) is 9.27. The zero-order chi connectivity index (χ0) is 23.5. The molecule has 1 heterocycles. The highest BCUT2D eigenvalue weighted by molar-refractivity contribution is 7.99. The quantitative estimate of drug-likeness (QED) is 0.237. The van der Waals surface area contributed by atoms with Crippen molar-refractivity contribution >= 4 is 58.7 Å². The fourth-order valence-corrected chi connectivity index (χ4v) is 4.14. The molecule has 0 atom stereocenters. The number of nitro benzene ring substituents is 1. The molecule has 0 spiro atoms. The number of carbonyl (C=O) groups excluding carboxylic acids is 3. The highest BCUT2D eigenvalue weighted by Gasteiger charge is 2.36. The molecule has 0 bridgehead atoms. The molecule has 0 aromatic heterocycles. The van der Waals surface area contributed by atoms with Crippen molar-refractivity contribution in [3.05, 3.63) is 99.1 Å². The minimum Gasteiger partial charge on any atom is -0.273 e. The minimum atomic E-state index is -0.876. The van der Waals surface area contributed by atoms with Crippen LogP contribution in [0.25, 0.3) is 6.08 Å². The molecule has 0 unspecified atom stereocenters. The van der Waals surface area contributed by atoms with Gasteiger partial charge in [-0.1, -0.05) is 47.6 Å². The Balaban J connectivity index is 1.68. The summed E-state index contributed by atoms with van der Waals surface area (Å²) in [7, 11) is 0. The van der Waals surface area contributed by atoms with Gasteiger partial charge >= 0.3 is 6.03 Å². The molecule has 0 aliphatic carbocycles. The predicted molar refractivity (Wildman–Crippen MR) is 124 cm³/mol. The molecule has 1 aliphatic heterocycles. The number of barbiturate groups is 1. The van der Waals surface area contributed by atoms with Crippen molar-refractivity contribution in [3.8, 4) is 0 Å². The summed E-state index contributed by atoms with van der Waals surface area (Å²) >= 11 is 7.07. The van der Waals surface area contributed by atoms with Crippen LogP contribution in [0.2, 0.25) is 5.02 Å². The highest BCUT2D eigenvalue weighted by atomic mass is 35.5. The molecule has 33 heavy (non-hydrogen) atoms. The molecule has 1 N–H and O–H groups in total. The summed E-state index contributed by atoms with van der Waals surface area (Å²) in [5.41, 5.74) is 0.0527. The normalized spacial score (nSPS) is 15.0. The maximum atomic E-state index is 12.9. The van der Waals surface area contributed by atoms with Gasteiger partial charge in [-0.3, -0.25) is 25.0 Å².